The summed E-state index contributed by atoms with van der Waals surface area (Å²) in [6.45, 7) is 8.43. The van der Waals surface area contributed by atoms with Crippen LogP contribution in [0.5, 0.6) is 0 Å². The quantitative estimate of drug-likeness (QED) is 0.500. The Morgan fingerprint density at radius 3 is 2.40 bits per heavy atom. The maximum atomic E-state index is 11.1. The van der Waals surface area contributed by atoms with Crippen LogP contribution in [0.4, 0.5) is 0 Å². The predicted octanol–water partition coefficient (Wildman–Crippen LogP) is 0.558. The molecule has 86 valence electrons. The van der Waals surface area contributed by atoms with Gasteiger partial charge in [-0.1, -0.05) is 6.58 Å². The molecule has 0 saturated heterocycles. The van der Waals surface area contributed by atoms with Crippen molar-refractivity contribution in [1.29, 1.82) is 0 Å². The molecule has 15 heavy (non-hydrogen) atoms. The third-order valence-electron chi connectivity index (χ3n) is 1.63. The normalized spacial score (nSPS) is 10.9. The van der Waals surface area contributed by atoms with E-state index < -0.39 is 17.5 Å². The Morgan fingerprint density at radius 1 is 1.47 bits per heavy atom. The van der Waals surface area contributed by atoms with Gasteiger partial charge in [0.1, 0.15) is 6.61 Å². The lowest BCUT2D eigenvalue weighted by Crippen LogP contribution is -2.46. The van der Waals surface area contributed by atoms with Crippen LogP contribution in [-0.2, 0) is 14.3 Å². The van der Waals surface area contributed by atoms with Crippen molar-refractivity contribution in [2.45, 2.75) is 26.3 Å². The average molecular weight is 215 g/mol. The van der Waals surface area contributed by atoms with Gasteiger partial charge in [0.05, 0.1) is 6.54 Å². The monoisotopic (exact) mass is 215 g/mol. The van der Waals surface area contributed by atoms with Crippen LogP contribution in [-0.4, -0.2) is 35.7 Å². The summed E-state index contributed by atoms with van der Waals surface area (Å²) in [5.74, 6) is -1.42. The van der Waals surface area contributed by atoms with E-state index in [-0.39, 0.29) is 13.2 Å². The van der Waals surface area contributed by atoms with Crippen molar-refractivity contribution in [3.8, 4) is 0 Å². The fraction of sp³-hybridized carbons (Fsp3) is 0.600. The number of rotatable bonds is 6. The Hall–Kier alpha value is -1.36. The second kappa shape index (κ2) is 5.50. The van der Waals surface area contributed by atoms with Crippen LogP contribution in [0.3, 0.4) is 0 Å². The number of hydrogen-bond acceptors (Lipinski definition) is 4. The van der Waals surface area contributed by atoms with E-state index in [1.807, 2.05) is 0 Å². The minimum Gasteiger partial charge on any atom is -0.480 e. The first-order valence-electron chi connectivity index (χ1n) is 4.54. The van der Waals surface area contributed by atoms with Crippen molar-refractivity contribution < 1.29 is 19.4 Å². The van der Waals surface area contributed by atoms with Gasteiger partial charge < -0.3 is 9.84 Å². The molecule has 0 rings (SSSR count). The molecule has 2 N–H and O–H groups in total. The van der Waals surface area contributed by atoms with Gasteiger partial charge in [-0.2, -0.15) is 0 Å². The molecule has 0 aromatic rings. The van der Waals surface area contributed by atoms with E-state index in [1.165, 1.54) is 0 Å². The molecule has 0 aliphatic rings. The summed E-state index contributed by atoms with van der Waals surface area (Å²) >= 11 is 0. The smallest absolute Gasteiger partial charge is 0.333 e. The molecule has 0 bridgehead atoms. The van der Waals surface area contributed by atoms with Crippen LogP contribution in [0.2, 0.25) is 0 Å². The molecular weight excluding hydrogens is 198 g/mol. The molecule has 0 fully saturated rings. The van der Waals surface area contributed by atoms with Crippen molar-refractivity contribution in [3.63, 3.8) is 0 Å². The highest BCUT2D eigenvalue weighted by atomic mass is 16.5. The van der Waals surface area contributed by atoms with E-state index in [0.29, 0.717) is 5.57 Å². The molecule has 0 radical (unpaired) electrons. The largest absolute Gasteiger partial charge is 0.480 e. The zero-order valence-electron chi connectivity index (χ0n) is 9.29. The van der Waals surface area contributed by atoms with Crippen LogP contribution in [0, 0.1) is 0 Å². The molecule has 0 amide bonds. The van der Waals surface area contributed by atoms with Gasteiger partial charge in [0.2, 0.25) is 0 Å². The number of ether oxygens (including phenoxy) is 1. The minimum atomic E-state index is -0.950. The highest BCUT2D eigenvalue weighted by Crippen LogP contribution is 2.04. The van der Waals surface area contributed by atoms with E-state index in [4.69, 9.17) is 9.84 Å². The van der Waals surface area contributed by atoms with Crippen LogP contribution in [0.25, 0.3) is 0 Å². The lowest BCUT2D eigenvalue weighted by molar-refractivity contribution is -0.141. The minimum absolute atomic E-state index is 0.103. The van der Waals surface area contributed by atoms with Gasteiger partial charge in [0.15, 0.2) is 0 Å². The molecule has 0 heterocycles. The molecule has 0 unspecified atom stereocenters. The number of carboxylic acid groups (broad SMARTS) is 1. The van der Waals surface area contributed by atoms with Crippen LogP contribution in [0.1, 0.15) is 20.8 Å². The maximum absolute atomic E-state index is 11.1. The molecule has 0 saturated carbocycles. The number of carbonyl (C=O) groups excluding carboxylic acids is 1. The molecule has 0 aromatic carbocycles. The molecule has 0 spiro atoms. The summed E-state index contributed by atoms with van der Waals surface area (Å²) in [7, 11) is 0. The van der Waals surface area contributed by atoms with Gasteiger partial charge in [-0.05, 0) is 20.8 Å². The van der Waals surface area contributed by atoms with E-state index in [2.05, 4.69) is 11.9 Å². The third kappa shape index (κ3) is 6.68. The highest BCUT2D eigenvalue weighted by molar-refractivity contribution is 5.86. The summed E-state index contributed by atoms with van der Waals surface area (Å²) in [5, 5.41) is 11.2. The molecular formula is C10H17NO4. The highest BCUT2D eigenvalue weighted by Gasteiger charge is 2.20. The zero-order chi connectivity index (χ0) is 12.1. The van der Waals surface area contributed by atoms with Gasteiger partial charge in [-0.15, -0.1) is 0 Å². The maximum Gasteiger partial charge on any atom is 0.333 e. The zero-order valence-corrected chi connectivity index (χ0v) is 9.29. The van der Waals surface area contributed by atoms with Gasteiger partial charge >= 0.3 is 11.9 Å². The summed E-state index contributed by atoms with van der Waals surface area (Å²) in [6.07, 6.45) is 0. The van der Waals surface area contributed by atoms with Crippen molar-refractivity contribution in [2.24, 2.45) is 0 Å². The fourth-order valence-electron chi connectivity index (χ4n) is 0.735. The summed E-state index contributed by atoms with van der Waals surface area (Å²) in [6, 6.07) is 0. The number of hydrogen-bond donors (Lipinski definition) is 2. The van der Waals surface area contributed by atoms with Crippen molar-refractivity contribution >= 4 is 11.9 Å². The van der Waals surface area contributed by atoms with Gasteiger partial charge in [-0.3, -0.25) is 10.1 Å². The molecule has 5 heteroatoms. The van der Waals surface area contributed by atoms with Crippen molar-refractivity contribution in [1.82, 2.24) is 5.32 Å². The summed E-state index contributed by atoms with van der Waals surface area (Å²) < 4.78 is 4.91. The number of carboxylic acids is 1. The molecule has 5 nitrogen and oxygen atoms in total. The fourth-order valence-corrected chi connectivity index (χ4v) is 0.735. The van der Waals surface area contributed by atoms with Crippen LogP contribution < -0.4 is 5.32 Å². The topological polar surface area (TPSA) is 75.6 Å². The molecule has 0 atom stereocenters. The Morgan fingerprint density at radius 2 is 2.00 bits per heavy atom. The SMILES string of the molecule is C=C(C)C(=O)OCC(C)(C)NCC(=O)O. The number of aliphatic carboxylic acids is 1. The molecule has 0 aliphatic carbocycles. The number of nitrogens with one attached hydrogen (secondary N) is 1. The molecule has 0 aliphatic heterocycles. The first-order chi connectivity index (χ1) is 6.74. The molecule has 0 aromatic heterocycles. The van der Waals surface area contributed by atoms with Crippen molar-refractivity contribution in [2.75, 3.05) is 13.2 Å². The second-order valence-electron chi connectivity index (χ2n) is 3.99. The Balaban J connectivity index is 3.98. The van der Waals surface area contributed by atoms with E-state index in [1.54, 1.807) is 20.8 Å². The van der Waals surface area contributed by atoms with E-state index in [9.17, 15) is 9.59 Å². The first kappa shape index (κ1) is 13.6. The van der Waals surface area contributed by atoms with Crippen LogP contribution >= 0.6 is 0 Å². The number of esters is 1. The van der Waals surface area contributed by atoms with Crippen molar-refractivity contribution in [3.05, 3.63) is 12.2 Å². The van der Waals surface area contributed by atoms with Gasteiger partial charge in [0, 0.05) is 11.1 Å². The second-order valence-corrected chi connectivity index (χ2v) is 3.99. The summed E-state index contributed by atoms with van der Waals surface area (Å²) in [4.78, 5) is 21.4. The van der Waals surface area contributed by atoms with E-state index in [0.717, 1.165) is 0 Å². The Kier molecular flexibility index (Phi) is 5.00. The summed E-state index contributed by atoms with van der Waals surface area (Å²) in [5.41, 5.74) is -0.243. The van der Waals surface area contributed by atoms with Gasteiger partial charge in [0.25, 0.3) is 0 Å². The third-order valence-corrected chi connectivity index (χ3v) is 1.63. The Labute approximate surface area is 89.1 Å². The standard InChI is InChI=1S/C10H17NO4/c1-7(2)9(14)15-6-10(3,4)11-5-8(12)13/h11H,1,5-6H2,2-4H3,(H,12,13). The number of carbonyl (C=O) groups is 2. The lowest BCUT2D eigenvalue weighted by Gasteiger charge is -2.24. The first-order valence-corrected chi connectivity index (χ1v) is 4.54. The van der Waals surface area contributed by atoms with Gasteiger partial charge in [-0.25, -0.2) is 4.79 Å². The predicted molar refractivity (Wildman–Crippen MR) is 55.5 cm³/mol. The van der Waals surface area contributed by atoms with E-state index >= 15 is 0 Å². The average Bonchev–Trinajstić information content (AvgIpc) is 2.11. The Bertz CT molecular complexity index is 271. The lowest BCUT2D eigenvalue weighted by atomic mass is 10.1. The van der Waals surface area contributed by atoms with Crippen LogP contribution in [0.15, 0.2) is 12.2 Å².